The van der Waals surface area contributed by atoms with E-state index >= 15 is 0 Å². The summed E-state index contributed by atoms with van der Waals surface area (Å²) in [5.41, 5.74) is -0.847. The fraction of sp³-hybridized carbons (Fsp3) is 0.586. The lowest BCUT2D eigenvalue weighted by Gasteiger charge is -2.36. The lowest BCUT2D eigenvalue weighted by Crippen LogP contribution is -2.51. The number of aliphatic carboxylic acids is 1. The van der Waals surface area contributed by atoms with Crippen molar-refractivity contribution in [2.45, 2.75) is 77.4 Å². The van der Waals surface area contributed by atoms with Crippen molar-refractivity contribution in [3.05, 3.63) is 47.3 Å². The second-order valence-corrected chi connectivity index (χ2v) is 12.1. The SMILES string of the molecule is Cc1cc(C(F)(F)F)cc(N[C@H]2[C@H](C(C)(C)C)[C@@H](C(=O)O)N(C(=O)[C@@H]3CCCCO3)[C@H]2c2cccnc2N(C)C)n1. The number of alkyl halides is 3. The second-order valence-electron chi connectivity index (χ2n) is 12.1. The summed E-state index contributed by atoms with van der Waals surface area (Å²) in [6.07, 6.45) is -1.80. The molecule has 2 fully saturated rings. The number of nitrogens with one attached hydrogen (secondary N) is 1. The lowest BCUT2D eigenvalue weighted by atomic mass is 9.72. The molecule has 1 amide bonds. The van der Waals surface area contributed by atoms with Gasteiger partial charge in [-0.25, -0.2) is 14.8 Å². The molecule has 224 valence electrons. The molecule has 2 saturated heterocycles. The van der Waals surface area contributed by atoms with E-state index in [0.717, 1.165) is 25.0 Å². The highest BCUT2D eigenvalue weighted by molar-refractivity contribution is 5.88. The van der Waals surface area contributed by atoms with E-state index in [1.54, 1.807) is 37.3 Å². The molecule has 2 aromatic heterocycles. The Morgan fingerprint density at radius 1 is 1.17 bits per heavy atom. The molecule has 2 aliphatic heterocycles. The van der Waals surface area contributed by atoms with Crippen LogP contribution in [-0.2, 0) is 20.5 Å². The fourth-order valence-electron chi connectivity index (χ4n) is 6.18. The summed E-state index contributed by atoms with van der Waals surface area (Å²) < 4.78 is 47.0. The molecule has 0 unspecified atom stereocenters. The Hall–Kier alpha value is -3.41. The van der Waals surface area contributed by atoms with E-state index in [9.17, 15) is 27.9 Å². The Morgan fingerprint density at radius 2 is 1.88 bits per heavy atom. The third kappa shape index (κ3) is 6.27. The van der Waals surface area contributed by atoms with E-state index in [0.29, 0.717) is 24.4 Å². The number of likely N-dealkylation sites (tertiary alicyclic amines) is 1. The number of rotatable bonds is 6. The molecule has 2 aromatic rings. The van der Waals surface area contributed by atoms with Gasteiger partial charge in [0.05, 0.1) is 17.6 Å². The van der Waals surface area contributed by atoms with Gasteiger partial charge in [0.2, 0.25) is 0 Å². The number of pyridine rings is 2. The predicted octanol–water partition coefficient (Wildman–Crippen LogP) is 4.92. The number of carbonyl (C=O) groups excluding carboxylic acids is 1. The number of hydrogen-bond acceptors (Lipinski definition) is 7. The molecule has 2 N–H and O–H groups in total. The number of aryl methyl sites for hydroxylation is 1. The molecule has 0 radical (unpaired) electrons. The van der Waals surface area contributed by atoms with Crippen LogP contribution in [-0.4, -0.2) is 70.7 Å². The average molecular weight is 578 g/mol. The Labute approximate surface area is 238 Å². The maximum absolute atomic E-state index is 14.2. The van der Waals surface area contributed by atoms with Crippen LogP contribution in [0.1, 0.15) is 62.9 Å². The molecule has 5 atom stereocenters. The van der Waals surface area contributed by atoms with Gasteiger partial charge in [0.1, 0.15) is 23.8 Å². The average Bonchev–Trinajstić information content (AvgIpc) is 3.23. The van der Waals surface area contributed by atoms with Gasteiger partial charge < -0.3 is 25.0 Å². The maximum Gasteiger partial charge on any atom is 0.416 e. The van der Waals surface area contributed by atoms with Crippen molar-refractivity contribution in [2.24, 2.45) is 11.3 Å². The van der Waals surface area contributed by atoms with Crippen LogP contribution >= 0.6 is 0 Å². The van der Waals surface area contributed by atoms with Crippen molar-refractivity contribution < 1.29 is 32.6 Å². The minimum Gasteiger partial charge on any atom is -0.480 e. The van der Waals surface area contributed by atoms with Gasteiger partial charge in [-0.15, -0.1) is 0 Å². The highest BCUT2D eigenvalue weighted by Crippen LogP contribution is 2.51. The number of carboxylic acid groups (broad SMARTS) is 1. The van der Waals surface area contributed by atoms with Crippen molar-refractivity contribution in [1.29, 1.82) is 0 Å². The normalized spacial score (nSPS) is 25.2. The maximum atomic E-state index is 14.2. The first kappa shape index (κ1) is 30.5. The van der Waals surface area contributed by atoms with Crippen LogP contribution in [0.4, 0.5) is 24.8 Å². The second kappa shape index (κ2) is 11.5. The highest BCUT2D eigenvalue weighted by Gasteiger charge is 2.59. The van der Waals surface area contributed by atoms with Gasteiger partial charge in [0.15, 0.2) is 0 Å². The minimum absolute atomic E-state index is 0.0516. The van der Waals surface area contributed by atoms with Crippen molar-refractivity contribution in [2.75, 3.05) is 30.9 Å². The van der Waals surface area contributed by atoms with Gasteiger partial charge >= 0.3 is 12.1 Å². The first-order chi connectivity index (χ1) is 19.1. The molecule has 4 rings (SSSR count). The topological polar surface area (TPSA) is 108 Å². The largest absolute Gasteiger partial charge is 0.480 e. The first-order valence-electron chi connectivity index (χ1n) is 13.7. The summed E-state index contributed by atoms with van der Waals surface area (Å²) in [6, 6.07) is 2.33. The van der Waals surface area contributed by atoms with Gasteiger partial charge in [0, 0.05) is 44.1 Å². The standard InChI is InChI=1S/C29H38F3N5O4/c1-16-14-17(29(30,31)32)15-20(34-16)35-22-21(28(2,3)4)24(27(39)40)37(26(38)19-11-7-8-13-41-19)23(22)18-10-9-12-33-25(18)36(5)6/h9-10,12,14-15,19,21-24H,7-8,11,13H2,1-6H3,(H,34,35)(H,39,40)/t19-,21-,22-,23-,24-/m0/s1. The van der Waals surface area contributed by atoms with E-state index in [-0.39, 0.29) is 11.5 Å². The molecule has 0 spiro atoms. The Kier molecular flexibility index (Phi) is 8.54. The molecule has 9 nitrogen and oxygen atoms in total. The molecule has 4 heterocycles. The summed E-state index contributed by atoms with van der Waals surface area (Å²) >= 11 is 0. The third-order valence-electron chi connectivity index (χ3n) is 7.78. The summed E-state index contributed by atoms with van der Waals surface area (Å²) in [4.78, 5) is 39.2. The molecule has 12 heteroatoms. The molecular formula is C29H38F3N5O4. The smallest absolute Gasteiger partial charge is 0.416 e. The molecular weight excluding hydrogens is 539 g/mol. The van der Waals surface area contributed by atoms with Crippen LogP contribution in [0.5, 0.6) is 0 Å². The van der Waals surface area contributed by atoms with Crippen LogP contribution < -0.4 is 10.2 Å². The summed E-state index contributed by atoms with van der Waals surface area (Å²) in [5.74, 6) is -1.93. The van der Waals surface area contributed by atoms with Gasteiger partial charge in [-0.1, -0.05) is 26.8 Å². The van der Waals surface area contributed by atoms with Crippen LogP contribution in [0.3, 0.4) is 0 Å². The summed E-state index contributed by atoms with van der Waals surface area (Å²) in [5, 5.41) is 13.8. The number of amides is 1. The van der Waals surface area contributed by atoms with Crippen molar-refractivity contribution in [3.8, 4) is 0 Å². The molecule has 0 bridgehead atoms. The minimum atomic E-state index is -4.60. The zero-order chi connectivity index (χ0) is 30.3. The molecule has 41 heavy (non-hydrogen) atoms. The quantitative estimate of drug-likeness (QED) is 0.498. The van der Waals surface area contributed by atoms with Crippen molar-refractivity contribution in [1.82, 2.24) is 14.9 Å². The number of ether oxygens (including phenoxy) is 1. The Balaban J connectivity index is 1.96. The van der Waals surface area contributed by atoms with Gasteiger partial charge in [0.25, 0.3) is 5.91 Å². The van der Waals surface area contributed by atoms with Crippen LogP contribution in [0.2, 0.25) is 0 Å². The number of aromatic nitrogens is 2. The number of carboxylic acids is 1. The number of halogens is 3. The lowest BCUT2D eigenvalue weighted by molar-refractivity contribution is -0.159. The Bertz CT molecular complexity index is 1270. The molecule has 2 aliphatic rings. The van der Waals surface area contributed by atoms with Crippen LogP contribution in [0, 0.1) is 18.3 Å². The van der Waals surface area contributed by atoms with Crippen LogP contribution in [0.25, 0.3) is 0 Å². The van der Waals surface area contributed by atoms with Crippen molar-refractivity contribution >= 4 is 23.5 Å². The summed E-state index contributed by atoms with van der Waals surface area (Å²) in [7, 11) is 3.57. The third-order valence-corrected chi connectivity index (χ3v) is 7.78. The van der Waals surface area contributed by atoms with Gasteiger partial charge in [-0.2, -0.15) is 13.2 Å². The zero-order valence-electron chi connectivity index (χ0n) is 24.2. The summed E-state index contributed by atoms with van der Waals surface area (Å²) in [6.45, 7) is 7.46. The zero-order valence-corrected chi connectivity index (χ0v) is 24.2. The van der Waals surface area contributed by atoms with E-state index in [2.05, 4.69) is 15.3 Å². The highest BCUT2D eigenvalue weighted by atomic mass is 19.4. The van der Waals surface area contributed by atoms with E-state index in [4.69, 9.17) is 4.74 Å². The molecule has 0 aliphatic carbocycles. The number of anilines is 2. The van der Waals surface area contributed by atoms with Crippen molar-refractivity contribution in [3.63, 3.8) is 0 Å². The van der Waals surface area contributed by atoms with E-state index in [1.807, 2.05) is 20.8 Å². The van der Waals surface area contributed by atoms with Crippen LogP contribution in [0.15, 0.2) is 30.5 Å². The first-order valence-corrected chi connectivity index (χ1v) is 13.7. The Morgan fingerprint density at radius 3 is 2.44 bits per heavy atom. The van der Waals surface area contributed by atoms with E-state index < -0.39 is 59.2 Å². The monoisotopic (exact) mass is 577 g/mol. The fourth-order valence-corrected chi connectivity index (χ4v) is 6.18. The van der Waals surface area contributed by atoms with Gasteiger partial charge in [-0.05, 0) is 49.8 Å². The number of hydrogen-bond donors (Lipinski definition) is 2. The predicted molar refractivity (Wildman–Crippen MR) is 147 cm³/mol. The van der Waals surface area contributed by atoms with Gasteiger partial charge in [-0.3, -0.25) is 4.79 Å². The van der Waals surface area contributed by atoms with E-state index in [1.165, 1.54) is 11.8 Å². The number of carbonyl (C=O) groups is 2. The molecule has 0 aromatic carbocycles. The number of nitrogens with zero attached hydrogens (tertiary/aromatic N) is 4. The molecule has 0 saturated carbocycles.